The predicted octanol–water partition coefficient (Wildman–Crippen LogP) is 4.63. The van der Waals surface area contributed by atoms with E-state index in [1.807, 2.05) is 0 Å². The number of halogens is 3. The van der Waals surface area contributed by atoms with Crippen LogP contribution in [0.15, 0.2) is 54.9 Å². The average Bonchev–Trinajstić information content (AvgIpc) is 2.99. The van der Waals surface area contributed by atoms with Gasteiger partial charge in [-0.05, 0) is 18.2 Å². The zero-order valence-corrected chi connectivity index (χ0v) is 13.9. The van der Waals surface area contributed by atoms with Crippen LogP contribution in [0.4, 0.5) is 10.1 Å². The second-order valence-corrected chi connectivity index (χ2v) is 5.86. The average molecular weight is 364 g/mol. The third-order valence-electron chi connectivity index (χ3n) is 3.38. The van der Waals surface area contributed by atoms with Gasteiger partial charge in [0.15, 0.2) is 0 Å². The van der Waals surface area contributed by atoms with Crippen LogP contribution in [0.2, 0.25) is 10.0 Å². The largest absolute Gasteiger partial charge is 0.319 e. The molecule has 0 spiro atoms. The van der Waals surface area contributed by atoms with E-state index >= 15 is 0 Å². The van der Waals surface area contributed by atoms with Crippen molar-refractivity contribution in [3.8, 4) is 0 Å². The first-order valence-corrected chi connectivity index (χ1v) is 7.81. The Labute approximate surface area is 147 Å². The number of nitrogens with zero attached hydrogens (tertiary/aromatic N) is 2. The fraction of sp³-hybridized carbons (Fsp3) is 0.0588. The van der Waals surface area contributed by atoms with Crippen LogP contribution in [-0.2, 0) is 6.54 Å². The van der Waals surface area contributed by atoms with Crippen molar-refractivity contribution in [2.45, 2.75) is 6.54 Å². The van der Waals surface area contributed by atoms with E-state index in [9.17, 15) is 9.18 Å². The maximum absolute atomic E-state index is 13.7. The van der Waals surface area contributed by atoms with Gasteiger partial charge in [0.25, 0.3) is 5.91 Å². The monoisotopic (exact) mass is 363 g/mol. The molecule has 7 heteroatoms. The minimum atomic E-state index is -0.395. The zero-order valence-electron chi connectivity index (χ0n) is 12.3. The summed E-state index contributed by atoms with van der Waals surface area (Å²) >= 11 is 11.9. The number of amides is 1. The Morgan fingerprint density at radius 2 is 1.96 bits per heavy atom. The minimum absolute atomic E-state index is 0.190. The smallest absolute Gasteiger partial charge is 0.257 e. The molecule has 0 unspecified atom stereocenters. The van der Waals surface area contributed by atoms with Crippen LogP contribution < -0.4 is 5.32 Å². The lowest BCUT2D eigenvalue weighted by Gasteiger charge is -2.06. The molecule has 0 fully saturated rings. The van der Waals surface area contributed by atoms with Gasteiger partial charge in [0.1, 0.15) is 5.82 Å². The molecule has 2 aromatic carbocycles. The molecule has 0 saturated heterocycles. The third-order valence-corrected chi connectivity index (χ3v) is 4.20. The van der Waals surface area contributed by atoms with Crippen LogP contribution >= 0.6 is 23.2 Å². The topological polar surface area (TPSA) is 46.9 Å². The van der Waals surface area contributed by atoms with Crippen molar-refractivity contribution in [2.24, 2.45) is 0 Å². The predicted molar refractivity (Wildman–Crippen MR) is 92.1 cm³/mol. The Balaban J connectivity index is 1.73. The molecule has 4 nitrogen and oxygen atoms in total. The second kappa shape index (κ2) is 7.03. The van der Waals surface area contributed by atoms with Gasteiger partial charge in [-0.2, -0.15) is 5.10 Å². The normalized spacial score (nSPS) is 10.6. The van der Waals surface area contributed by atoms with Crippen molar-refractivity contribution in [1.29, 1.82) is 0 Å². The molecule has 0 atom stereocenters. The number of hydrogen-bond acceptors (Lipinski definition) is 2. The molecule has 24 heavy (non-hydrogen) atoms. The van der Waals surface area contributed by atoms with Crippen LogP contribution in [0.25, 0.3) is 0 Å². The minimum Gasteiger partial charge on any atom is -0.319 e. The number of carbonyl (C=O) groups excluding carboxylic acids is 1. The van der Waals surface area contributed by atoms with Gasteiger partial charge in [0.05, 0.1) is 34.0 Å². The van der Waals surface area contributed by atoms with Gasteiger partial charge >= 0.3 is 0 Å². The summed E-state index contributed by atoms with van der Waals surface area (Å²) < 4.78 is 15.2. The van der Waals surface area contributed by atoms with Gasteiger partial charge in [-0.25, -0.2) is 4.39 Å². The van der Waals surface area contributed by atoms with E-state index < -0.39 is 5.91 Å². The van der Waals surface area contributed by atoms with Gasteiger partial charge in [-0.1, -0.05) is 47.5 Å². The Morgan fingerprint density at radius 1 is 1.17 bits per heavy atom. The van der Waals surface area contributed by atoms with E-state index in [1.54, 1.807) is 42.6 Å². The van der Waals surface area contributed by atoms with Gasteiger partial charge in [-0.3, -0.25) is 9.48 Å². The summed E-state index contributed by atoms with van der Waals surface area (Å²) in [7, 11) is 0. The molecule has 0 bridgehead atoms. The molecule has 0 aliphatic rings. The quantitative estimate of drug-likeness (QED) is 0.734. The maximum Gasteiger partial charge on any atom is 0.257 e. The molecule has 1 N–H and O–H groups in total. The van der Waals surface area contributed by atoms with Crippen LogP contribution in [0.3, 0.4) is 0 Å². The summed E-state index contributed by atoms with van der Waals surface area (Å²) in [6.07, 6.45) is 3.10. The molecular formula is C17H12Cl2FN3O. The van der Waals surface area contributed by atoms with E-state index in [0.717, 1.165) is 0 Å². The van der Waals surface area contributed by atoms with E-state index in [2.05, 4.69) is 10.4 Å². The van der Waals surface area contributed by atoms with Crippen LogP contribution in [0.1, 0.15) is 15.9 Å². The van der Waals surface area contributed by atoms with E-state index in [1.165, 1.54) is 16.9 Å². The molecular weight excluding hydrogens is 352 g/mol. The highest BCUT2D eigenvalue weighted by Crippen LogP contribution is 2.26. The number of benzene rings is 2. The molecule has 1 heterocycles. The summed E-state index contributed by atoms with van der Waals surface area (Å²) in [6, 6.07) is 11.3. The Kier molecular flexibility index (Phi) is 4.83. The molecule has 0 aliphatic heterocycles. The zero-order chi connectivity index (χ0) is 17.1. The summed E-state index contributed by atoms with van der Waals surface area (Å²) in [5.74, 6) is -0.697. The molecule has 0 saturated carbocycles. The highest BCUT2D eigenvalue weighted by Gasteiger charge is 2.13. The van der Waals surface area contributed by atoms with Crippen molar-refractivity contribution in [1.82, 2.24) is 9.78 Å². The molecule has 122 valence electrons. The number of anilines is 1. The lowest BCUT2D eigenvalue weighted by Crippen LogP contribution is -2.12. The second-order valence-electron chi connectivity index (χ2n) is 5.07. The van der Waals surface area contributed by atoms with Crippen LogP contribution in [0, 0.1) is 5.82 Å². The maximum atomic E-state index is 13.7. The number of nitrogens with one attached hydrogen (secondary N) is 1. The first-order valence-electron chi connectivity index (χ1n) is 7.06. The van der Waals surface area contributed by atoms with E-state index in [4.69, 9.17) is 23.2 Å². The summed E-state index contributed by atoms with van der Waals surface area (Å²) in [6.45, 7) is 0.264. The number of aromatic nitrogens is 2. The van der Waals surface area contributed by atoms with Crippen molar-refractivity contribution in [3.05, 3.63) is 81.8 Å². The van der Waals surface area contributed by atoms with Crippen molar-refractivity contribution < 1.29 is 9.18 Å². The van der Waals surface area contributed by atoms with Crippen molar-refractivity contribution in [3.63, 3.8) is 0 Å². The van der Waals surface area contributed by atoms with Crippen LogP contribution in [-0.4, -0.2) is 15.7 Å². The highest BCUT2D eigenvalue weighted by molar-refractivity contribution is 6.44. The number of hydrogen-bond donors (Lipinski definition) is 1. The highest BCUT2D eigenvalue weighted by atomic mass is 35.5. The Bertz CT molecular complexity index is 895. The molecule has 0 aliphatic carbocycles. The first kappa shape index (κ1) is 16.5. The van der Waals surface area contributed by atoms with Crippen molar-refractivity contribution in [2.75, 3.05) is 5.32 Å². The van der Waals surface area contributed by atoms with Gasteiger partial charge in [0, 0.05) is 11.8 Å². The van der Waals surface area contributed by atoms with E-state index in [-0.39, 0.29) is 22.9 Å². The summed E-state index contributed by atoms with van der Waals surface area (Å²) in [5, 5.41) is 7.30. The van der Waals surface area contributed by atoms with Gasteiger partial charge < -0.3 is 5.32 Å². The Morgan fingerprint density at radius 3 is 2.75 bits per heavy atom. The lowest BCUT2D eigenvalue weighted by molar-refractivity contribution is 0.102. The SMILES string of the molecule is O=C(Nc1cnn(Cc2ccccc2F)c1)c1cccc(Cl)c1Cl. The first-order chi connectivity index (χ1) is 11.5. The molecule has 3 rings (SSSR count). The molecule has 0 radical (unpaired) electrons. The van der Waals surface area contributed by atoms with E-state index in [0.29, 0.717) is 16.3 Å². The fourth-order valence-electron chi connectivity index (χ4n) is 2.19. The van der Waals surface area contributed by atoms with Crippen molar-refractivity contribution >= 4 is 34.8 Å². The molecule has 1 amide bonds. The fourth-order valence-corrected chi connectivity index (χ4v) is 2.58. The standard InChI is InChI=1S/C17H12Cl2FN3O/c18-14-6-3-5-13(16(14)19)17(24)22-12-8-21-23(10-12)9-11-4-1-2-7-15(11)20/h1-8,10H,9H2,(H,22,24). The molecule has 1 aromatic heterocycles. The number of rotatable bonds is 4. The third kappa shape index (κ3) is 3.58. The number of carbonyl (C=O) groups is 1. The van der Waals surface area contributed by atoms with Gasteiger partial charge in [-0.15, -0.1) is 0 Å². The summed E-state index contributed by atoms with van der Waals surface area (Å²) in [4.78, 5) is 12.3. The van der Waals surface area contributed by atoms with Gasteiger partial charge in [0.2, 0.25) is 0 Å². The van der Waals surface area contributed by atoms with Crippen LogP contribution in [0.5, 0.6) is 0 Å². The Hall–Kier alpha value is -2.37. The molecule has 3 aromatic rings. The summed E-state index contributed by atoms with van der Waals surface area (Å²) in [5.41, 5.74) is 1.26. The lowest BCUT2D eigenvalue weighted by atomic mass is 10.2.